The summed E-state index contributed by atoms with van der Waals surface area (Å²) in [5, 5.41) is 6.34. The number of amides is 1. The quantitative estimate of drug-likeness (QED) is 0.263. The first-order valence-electron chi connectivity index (χ1n) is 12.1. The number of likely N-dealkylation sites (N-methyl/N-ethyl adjacent to an activating group) is 2. The SMILES string of the molecule is COc1cccc2c(-c3nc(Nc4ccc(N(C)CCN(C)C)c(NC(C)=O)c4)ncc3C(F)(F)F)c[nH]c12. The molecular weight excluding hydrogens is 511 g/mol. The number of H-pyrrole nitrogens is 1. The minimum Gasteiger partial charge on any atom is -0.495 e. The van der Waals surface area contributed by atoms with Gasteiger partial charge in [0.15, 0.2) is 0 Å². The predicted molar refractivity (Wildman–Crippen MR) is 147 cm³/mol. The smallest absolute Gasteiger partial charge is 0.419 e. The van der Waals surface area contributed by atoms with Crippen molar-refractivity contribution in [3.05, 3.63) is 54.4 Å². The first-order chi connectivity index (χ1) is 18.5. The van der Waals surface area contributed by atoms with Crippen molar-refractivity contribution in [2.45, 2.75) is 13.1 Å². The molecule has 0 unspecified atom stereocenters. The molecule has 12 heteroatoms. The number of nitrogens with one attached hydrogen (secondary N) is 3. The lowest BCUT2D eigenvalue weighted by Gasteiger charge is -2.24. The average Bonchev–Trinajstić information content (AvgIpc) is 3.30. The van der Waals surface area contributed by atoms with Gasteiger partial charge in [0.05, 0.1) is 29.7 Å². The number of hydrogen-bond acceptors (Lipinski definition) is 7. The topological polar surface area (TPSA) is 98.4 Å². The summed E-state index contributed by atoms with van der Waals surface area (Å²) in [5.74, 6) is 0.218. The van der Waals surface area contributed by atoms with Crippen LogP contribution in [0.4, 0.5) is 36.2 Å². The molecule has 3 N–H and O–H groups in total. The van der Waals surface area contributed by atoms with Crippen LogP contribution in [-0.2, 0) is 11.0 Å². The van der Waals surface area contributed by atoms with Crippen molar-refractivity contribution >= 4 is 39.8 Å². The van der Waals surface area contributed by atoms with Crippen LogP contribution < -0.4 is 20.3 Å². The number of carbonyl (C=O) groups excluding carboxylic acids is 1. The van der Waals surface area contributed by atoms with E-state index in [2.05, 4.69) is 25.6 Å². The van der Waals surface area contributed by atoms with Crippen LogP contribution in [0.15, 0.2) is 48.8 Å². The molecule has 1 amide bonds. The summed E-state index contributed by atoms with van der Waals surface area (Å²) in [6.45, 7) is 2.93. The van der Waals surface area contributed by atoms with Crippen molar-refractivity contribution in [3.63, 3.8) is 0 Å². The van der Waals surface area contributed by atoms with Gasteiger partial charge in [-0.15, -0.1) is 0 Å². The second-order valence-corrected chi connectivity index (χ2v) is 9.30. The minimum absolute atomic E-state index is 0.0299. The van der Waals surface area contributed by atoms with Crippen molar-refractivity contribution in [2.75, 3.05) is 56.9 Å². The number of aromatic amines is 1. The number of halogens is 3. The van der Waals surface area contributed by atoms with Gasteiger partial charge < -0.3 is 30.2 Å². The highest BCUT2D eigenvalue weighted by Gasteiger charge is 2.36. The summed E-state index contributed by atoms with van der Waals surface area (Å²) < 4.78 is 47.2. The van der Waals surface area contributed by atoms with Crippen LogP contribution >= 0.6 is 0 Å². The Morgan fingerprint density at radius 3 is 2.56 bits per heavy atom. The van der Waals surface area contributed by atoms with Gasteiger partial charge in [0.2, 0.25) is 11.9 Å². The first kappa shape index (κ1) is 27.7. The number of nitrogens with zero attached hydrogens (tertiary/aromatic N) is 4. The van der Waals surface area contributed by atoms with Gasteiger partial charge in [-0.2, -0.15) is 13.2 Å². The van der Waals surface area contributed by atoms with E-state index in [9.17, 15) is 18.0 Å². The summed E-state index contributed by atoms with van der Waals surface area (Å²) in [5.41, 5.74) is 1.41. The van der Waals surface area contributed by atoms with Crippen molar-refractivity contribution in [1.82, 2.24) is 19.9 Å². The molecular formula is C27H30F3N7O2. The Kier molecular flexibility index (Phi) is 7.95. The van der Waals surface area contributed by atoms with E-state index in [0.29, 0.717) is 34.6 Å². The maximum absolute atomic E-state index is 14.0. The zero-order chi connectivity index (χ0) is 28.3. The Bertz CT molecular complexity index is 1480. The average molecular weight is 542 g/mol. The summed E-state index contributed by atoms with van der Waals surface area (Å²) >= 11 is 0. The lowest BCUT2D eigenvalue weighted by Crippen LogP contribution is -2.29. The highest BCUT2D eigenvalue weighted by Crippen LogP contribution is 2.40. The molecule has 4 rings (SSSR count). The standard InChI is InChI=1S/C27H30F3N7O2/c1-16(38)33-21-13-17(9-10-22(21)37(4)12-11-36(2)3)34-26-32-15-20(27(28,29)30)24(35-26)19-14-31-25-18(19)7-6-8-23(25)39-5/h6-10,13-15,31H,11-12H2,1-5H3,(H,33,38)(H,32,34,35). The van der Waals surface area contributed by atoms with Crippen LogP contribution in [0.5, 0.6) is 5.75 Å². The molecule has 2 aromatic carbocycles. The number of fused-ring (bicyclic) bond motifs is 1. The summed E-state index contributed by atoms with van der Waals surface area (Å²) in [6.07, 6.45) is -2.43. The van der Waals surface area contributed by atoms with Crippen molar-refractivity contribution in [3.8, 4) is 17.0 Å². The molecule has 206 valence electrons. The van der Waals surface area contributed by atoms with Crippen LogP contribution in [0.1, 0.15) is 12.5 Å². The highest BCUT2D eigenvalue weighted by molar-refractivity contribution is 5.98. The Morgan fingerprint density at radius 1 is 1.13 bits per heavy atom. The number of carbonyl (C=O) groups is 1. The second-order valence-electron chi connectivity index (χ2n) is 9.30. The van der Waals surface area contributed by atoms with Crippen molar-refractivity contribution < 1.29 is 22.7 Å². The molecule has 0 aliphatic rings. The number of rotatable bonds is 9. The molecule has 2 aromatic heterocycles. The van der Waals surface area contributed by atoms with Crippen LogP contribution in [-0.4, -0.2) is 67.1 Å². The summed E-state index contributed by atoms with van der Waals surface area (Å²) in [4.78, 5) is 27.1. The van der Waals surface area contributed by atoms with Gasteiger partial charge >= 0.3 is 6.18 Å². The highest BCUT2D eigenvalue weighted by atomic mass is 19.4. The van der Waals surface area contributed by atoms with Gasteiger partial charge in [0, 0.05) is 56.1 Å². The maximum atomic E-state index is 14.0. The number of methoxy groups -OCH3 is 1. The van der Waals surface area contributed by atoms with Crippen LogP contribution in [0, 0.1) is 0 Å². The van der Waals surface area contributed by atoms with Crippen molar-refractivity contribution in [2.24, 2.45) is 0 Å². The van der Waals surface area contributed by atoms with Gasteiger partial charge in [-0.05, 0) is 38.4 Å². The fourth-order valence-electron chi connectivity index (χ4n) is 4.18. The maximum Gasteiger partial charge on any atom is 0.419 e. The number of para-hydroxylation sites is 1. The number of ether oxygens (including phenoxy) is 1. The lowest BCUT2D eigenvalue weighted by atomic mass is 10.1. The second kappa shape index (κ2) is 11.2. The Hall–Kier alpha value is -4.32. The molecule has 0 atom stereocenters. The Labute approximate surface area is 224 Å². The third-order valence-corrected chi connectivity index (χ3v) is 6.10. The lowest BCUT2D eigenvalue weighted by molar-refractivity contribution is -0.137. The molecule has 0 saturated carbocycles. The van der Waals surface area contributed by atoms with E-state index in [4.69, 9.17) is 4.74 Å². The van der Waals surface area contributed by atoms with Gasteiger partial charge in [-0.3, -0.25) is 4.79 Å². The number of anilines is 4. The number of hydrogen-bond donors (Lipinski definition) is 3. The predicted octanol–water partition coefficient (Wildman–Crippen LogP) is 5.35. The molecule has 0 aliphatic carbocycles. The molecule has 0 spiro atoms. The number of benzene rings is 2. The minimum atomic E-state index is -4.67. The van der Waals surface area contributed by atoms with Crippen LogP contribution in [0.2, 0.25) is 0 Å². The van der Waals surface area contributed by atoms with Crippen LogP contribution in [0.25, 0.3) is 22.2 Å². The van der Waals surface area contributed by atoms with E-state index in [-0.39, 0.29) is 23.1 Å². The Morgan fingerprint density at radius 2 is 1.90 bits per heavy atom. The molecule has 0 bridgehead atoms. The molecule has 0 fully saturated rings. The van der Waals surface area contributed by atoms with E-state index in [1.54, 1.807) is 30.3 Å². The molecule has 39 heavy (non-hydrogen) atoms. The molecule has 2 heterocycles. The number of alkyl halides is 3. The fourth-order valence-corrected chi connectivity index (χ4v) is 4.18. The largest absolute Gasteiger partial charge is 0.495 e. The molecule has 9 nitrogen and oxygen atoms in total. The van der Waals surface area contributed by atoms with E-state index < -0.39 is 11.7 Å². The zero-order valence-corrected chi connectivity index (χ0v) is 22.3. The van der Waals surface area contributed by atoms with E-state index in [1.165, 1.54) is 20.2 Å². The Balaban J connectivity index is 1.73. The van der Waals surface area contributed by atoms with Crippen LogP contribution in [0.3, 0.4) is 0 Å². The molecule has 0 radical (unpaired) electrons. The summed E-state index contributed by atoms with van der Waals surface area (Å²) in [6, 6.07) is 10.4. The van der Waals surface area contributed by atoms with E-state index >= 15 is 0 Å². The summed E-state index contributed by atoms with van der Waals surface area (Å²) in [7, 11) is 7.35. The van der Waals surface area contributed by atoms with Gasteiger partial charge in [0.25, 0.3) is 0 Å². The van der Waals surface area contributed by atoms with E-state index in [0.717, 1.165) is 18.4 Å². The third kappa shape index (κ3) is 6.23. The monoisotopic (exact) mass is 541 g/mol. The van der Waals surface area contributed by atoms with Crippen molar-refractivity contribution in [1.29, 1.82) is 0 Å². The van der Waals surface area contributed by atoms with Gasteiger partial charge in [-0.25, -0.2) is 9.97 Å². The van der Waals surface area contributed by atoms with Gasteiger partial charge in [0.1, 0.15) is 11.3 Å². The number of aromatic nitrogens is 3. The third-order valence-electron chi connectivity index (χ3n) is 6.10. The first-order valence-corrected chi connectivity index (χ1v) is 12.1. The van der Waals surface area contributed by atoms with Gasteiger partial charge in [-0.1, -0.05) is 12.1 Å². The molecule has 4 aromatic rings. The normalized spacial score (nSPS) is 11.6. The fraction of sp³-hybridized carbons (Fsp3) is 0.296. The van der Waals surface area contributed by atoms with E-state index in [1.807, 2.05) is 37.0 Å². The zero-order valence-electron chi connectivity index (χ0n) is 22.3. The molecule has 0 aliphatic heterocycles. The molecule has 0 saturated heterocycles.